The van der Waals surface area contributed by atoms with Crippen LogP contribution in [0.4, 0.5) is 0 Å². The van der Waals surface area contributed by atoms with Crippen LogP contribution >= 0.6 is 11.3 Å². The second-order valence-corrected chi connectivity index (χ2v) is 8.18. The minimum Gasteiger partial charge on any atom is -0.487 e. The Morgan fingerprint density at radius 1 is 1.29 bits per heavy atom. The van der Waals surface area contributed by atoms with E-state index in [9.17, 15) is 4.79 Å². The lowest BCUT2D eigenvalue weighted by Crippen LogP contribution is -2.51. The molecule has 1 saturated heterocycles. The van der Waals surface area contributed by atoms with Gasteiger partial charge in [-0.15, -0.1) is 11.3 Å². The van der Waals surface area contributed by atoms with Crippen LogP contribution in [0.1, 0.15) is 41.8 Å². The highest BCUT2D eigenvalue weighted by Crippen LogP contribution is 2.32. The number of ether oxygens (including phenoxy) is 1. The average molecular weight is 346 g/mol. The first-order valence-electron chi connectivity index (χ1n) is 8.11. The van der Waals surface area contributed by atoms with Gasteiger partial charge >= 0.3 is 0 Å². The summed E-state index contributed by atoms with van der Waals surface area (Å²) in [7, 11) is 2.12. The zero-order valence-corrected chi connectivity index (χ0v) is 15.9. The van der Waals surface area contributed by atoms with Crippen LogP contribution in [-0.4, -0.2) is 42.4 Å². The van der Waals surface area contributed by atoms with E-state index in [2.05, 4.69) is 55.9 Å². The molecule has 0 spiro atoms. The molecule has 3 rings (SSSR count). The van der Waals surface area contributed by atoms with Crippen molar-refractivity contribution < 1.29 is 9.53 Å². The fourth-order valence-corrected chi connectivity index (χ4v) is 3.08. The first-order chi connectivity index (χ1) is 11.3. The highest BCUT2D eigenvalue weighted by molar-refractivity contribution is 7.09. The van der Waals surface area contributed by atoms with E-state index in [4.69, 9.17) is 4.74 Å². The first-order valence-corrected chi connectivity index (χ1v) is 8.99. The number of para-hydroxylation sites is 1. The molecule has 0 amide bonds. The Balaban J connectivity index is 0.000000219. The Hall–Kier alpha value is -1.72. The molecule has 0 atom stereocenters. The second-order valence-electron chi connectivity index (χ2n) is 7.12. The fraction of sp³-hybridized carbons (Fsp3) is 0.474. The van der Waals surface area contributed by atoms with Crippen LogP contribution in [-0.2, 0) is 5.41 Å². The van der Waals surface area contributed by atoms with Crippen molar-refractivity contribution in [2.75, 3.05) is 20.1 Å². The van der Waals surface area contributed by atoms with Gasteiger partial charge in [0.05, 0.1) is 5.01 Å². The van der Waals surface area contributed by atoms with Crippen LogP contribution in [0.15, 0.2) is 29.6 Å². The van der Waals surface area contributed by atoms with E-state index in [1.165, 1.54) is 16.9 Å². The van der Waals surface area contributed by atoms with E-state index < -0.39 is 0 Å². The van der Waals surface area contributed by atoms with Gasteiger partial charge in [0.1, 0.15) is 17.5 Å². The third kappa shape index (κ3) is 5.14. The van der Waals surface area contributed by atoms with Gasteiger partial charge in [-0.05, 0) is 31.0 Å². The minimum absolute atomic E-state index is 0.145. The van der Waals surface area contributed by atoms with Crippen LogP contribution in [0.5, 0.6) is 5.75 Å². The van der Waals surface area contributed by atoms with Gasteiger partial charge in [-0.1, -0.05) is 39.0 Å². The van der Waals surface area contributed by atoms with Gasteiger partial charge < -0.3 is 4.74 Å². The van der Waals surface area contributed by atoms with E-state index in [0.29, 0.717) is 11.8 Å². The lowest BCUT2D eigenvalue weighted by Gasteiger charge is -2.37. The van der Waals surface area contributed by atoms with Gasteiger partial charge in [0.15, 0.2) is 6.29 Å². The molecule has 0 bridgehead atoms. The van der Waals surface area contributed by atoms with Gasteiger partial charge in [-0.25, -0.2) is 4.98 Å². The van der Waals surface area contributed by atoms with Crippen LogP contribution in [0.25, 0.3) is 0 Å². The summed E-state index contributed by atoms with van der Waals surface area (Å²) in [4.78, 5) is 16.1. The zero-order chi connectivity index (χ0) is 17.7. The number of hydrogen-bond donors (Lipinski definition) is 0. The lowest BCUT2D eigenvalue weighted by molar-refractivity contribution is 0.0375. The van der Waals surface area contributed by atoms with Gasteiger partial charge in [-0.2, -0.15) is 0 Å². The van der Waals surface area contributed by atoms with Crippen molar-refractivity contribution in [1.82, 2.24) is 9.88 Å². The van der Waals surface area contributed by atoms with Gasteiger partial charge in [0.25, 0.3) is 0 Å². The molecule has 1 aliphatic rings. The van der Waals surface area contributed by atoms with E-state index in [1.54, 1.807) is 5.38 Å². The maximum Gasteiger partial charge on any atom is 0.169 e. The number of likely N-dealkylation sites (tertiary alicyclic amines) is 1. The molecule has 130 valence electrons. The number of aryl methyl sites for hydroxylation is 1. The van der Waals surface area contributed by atoms with Crippen LogP contribution in [0.3, 0.4) is 0 Å². The summed E-state index contributed by atoms with van der Waals surface area (Å²) in [5, 5.41) is 2.68. The number of hydrogen-bond acceptors (Lipinski definition) is 5. The third-order valence-electron chi connectivity index (χ3n) is 3.78. The van der Waals surface area contributed by atoms with Gasteiger partial charge in [0, 0.05) is 18.5 Å². The highest BCUT2D eigenvalue weighted by Gasteiger charge is 2.27. The highest BCUT2D eigenvalue weighted by atomic mass is 32.1. The van der Waals surface area contributed by atoms with Crippen molar-refractivity contribution in [3.05, 3.63) is 45.9 Å². The maximum atomic E-state index is 9.96. The molecule has 4 nitrogen and oxygen atoms in total. The summed E-state index contributed by atoms with van der Waals surface area (Å²) >= 11 is 1.49. The maximum absolute atomic E-state index is 9.96. The summed E-state index contributed by atoms with van der Waals surface area (Å²) in [5.74, 6) is 1.05. The Morgan fingerprint density at radius 3 is 2.42 bits per heavy atom. The summed E-state index contributed by atoms with van der Waals surface area (Å²) < 4.78 is 6.04. The normalized spacial score (nSPS) is 15.2. The van der Waals surface area contributed by atoms with Crippen molar-refractivity contribution >= 4 is 17.6 Å². The summed E-state index contributed by atoms with van der Waals surface area (Å²) in [6, 6.07) is 8.38. The number of nitrogens with zero attached hydrogens (tertiary/aromatic N) is 2. The topological polar surface area (TPSA) is 42.4 Å². The first kappa shape index (κ1) is 18.6. The quantitative estimate of drug-likeness (QED) is 0.790. The number of aldehydes is 1. The second kappa shape index (κ2) is 7.90. The summed E-state index contributed by atoms with van der Waals surface area (Å²) in [5.41, 5.74) is 1.98. The zero-order valence-electron chi connectivity index (χ0n) is 15.1. The van der Waals surface area contributed by atoms with Crippen LogP contribution in [0.2, 0.25) is 0 Å². The predicted molar refractivity (Wildman–Crippen MR) is 99.3 cm³/mol. The van der Waals surface area contributed by atoms with E-state index >= 15 is 0 Å². The van der Waals surface area contributed by atoms with Crippen molar-refractivity contribution in [2.45, 2.75) is 39.2 Å². The summed E-state index contributed by atoms with van der Waals surface area (Å²) in [6.07, 6.45) is 1.12. The number of benzene rings is 1. The fourth-order valence-electron chi connectivity index (χ4n) is 2.52. The molecule has 24 heavy (non-hydrogen) atoms. The third-order valence-corrected chi connectivity index (χ3v) is 4.57. The van der Waals surface area contributed by atoms with E-state index in [0.717, 1.165) is 30.1 Å². The Labute approximate surface area is 148 Å². The minimum atomic E-state index is 0.145. The molecule has 0 unspecified atom stereocenters. The molecule has 2 aromatic rings. The lowest BCUT2D eigenvalue weighted by atomic mass is 9.86. The molecule has 0 aliphatic carbocycles. The Kier molecular flexibility index (Phi) is 6.13. The molecule has 1 aromatic heterocycles. The number of carbonyl (C=O) groups is 1. The SMILES string of the molecule is CN1CC(Oc2ccccc2C(C)(C)C)C1.Cc1nc(C=O)cs1. The van der Waals surface area contributed by atoms with Crippen molar-refractivity contribution in [1.29, 1.82) is 0 Å². The van der Waals surface area contributed by atoms with Gasteiger partial charge in [0.2, 0.25) is 0 Å². The molecular formula is C19H26N2O2S. The van der Waals surface area contributed by atoms with Crippen molar-refractivity contribution in [2.24, 2.45) is 0 Å². The Bertz CT molecular complexity index is 670. The van der Waals surface area contributed by atoms with E-state index in [-0.39, 0.29) is 5.41 Å². The standard InChI is InChI=1S/C14H21NO.C5H5NOS/c1-14(2,3)12-7-5-6-8-13(12)16-11-9-15(4)10-11;1-4-6-5(2-7)3-8-4/h5-8,11H,9-10H2,1-4H3;2-3H,1H3. The molecule has 1 aliphatic heterocycles. The molecule has 2 heterocycles. The van der Waals surface area contributed by atoms with Gasteiger partial charge in [-0.3, -0.25) is 9.69 Å². The molecular weight excluding hydrogens is 320 g/mol. The number of carbonyl (C=O) groups excluding carboxylic acids is 1. The predicted octanol–water partition coefficient (Wildman–Crippen LogP) is 3.94. The average Bonchev–Trinajstić information content (AvgIpc) is 2.92. The number of thiazole rings is 1. The summed E-state index contributed by atoms with van der Waals surface area (Å²) in [6.45, 7) is 10.6. The van der Waals surface area contributed by atoms with Crippen LogP contribution in [0, 0.1) is 6.92 Å². The van der Waals surface area contributed by atoms with Crippen molar-refractivity contribution in [3.8, 4) is 5.75 Å². The van der Waals surface area contributed by atoms with Crippen LogP contribution < -0.4 is 4.74 Å². The number of rotatable bonds is 3. The van der Waals surface area contributed by atoms with Crippen molar-refractivity contribution in [3.63, 3.8) is 0 Å². The smallest absolute Gasteiger partial charge is 0.169 e. The number of aromatic nitrogens is 1. The monoisotopic (exact) mass is 346 g/mol. The molecule has 5 heteroatoms. The largest absolute Gasteiger partial charge is 0.487 e. The van der Waals surface area contributed by atoms with E-state index in [1.807, 2.05) is 13.0 Å². The molecule has 0 radical (unpaired) electrons. The molecule has 1 aromatic carbocycles. The molecule has 1 fully saturated rings. The Morgan fingerprint density at radius 2 is 1.96 bits per heavy atom. The number of likely N-dealkylation sites (N-methyl/N-ethyl adjacent to an activating group) is 1. The molecule has 0 N–H and O–H groups in total. The molecule has 0 saturated carbocycles.